The first-order valence-corrected chi connectivity index (χ1v) is 12.2. The Bertz CT molecular complexity index is 1130. The SMILES string of the molecule is CC(C)(C)n1cc(C[NH+](Cc2cn(CCOS(=O)(=O)O)nn2)Cc2cn(C(C)(C)C)nn2)nn1. The van der Waals surface area contributed by atoms with Crippen LogP contribution in [0, 0.1) is 0 Å². The number of nitrogens with one attached hydrogen (secondary N) is 1. The summed E-state index contributed by atoms with van der Waals surface area (Å²) in [5.41, 5.74) is 2.03. The molecule has 188 valence electrons. The number of aromatic nitrogens is 9. The smallest absolute Gasteiger partial charge is 0.320 e. The number of hydrogen-bond acceptors (Lipinski definition) is 9. The summed E-state index contributed by atoms with van der Waals surface area (Å²) in [7, 11) is -4.49. The summed E-state index contributed by atoms with van der Waals surface area (Å²) in [5.74, 6) is 0. The maximum absolute atomic E-state index is 10.7. The van der Waals surface area contributed by atoms with Crippen molar-refractivity contribution in [1.82, 2.24) is 45.0 Å². The van der Waals surface area contributed by atoms with E-state index in [1.165, 1.54) is 4.68 Å². The van der Waals surface area contributed by atoms with Gasteiger partial charge in [-0.05, 0) is 41.5 Å². The molecule has 0 aliphatic carbocycles. The van der Waals surface area contributed by atoms with Crippen molar-refractivity contribution >= 4 is 10.4 Å². The van der Waals surface area contributed by atoms with Gasteiger partial charge in [0.15, 0.2) is 0 Å². The molecule has 14 nitrogen and oxygen atoms in total. The molecule has 0 saturated heterocycles. The van der Waals surface area contributed by atoms with Crippen LogP contribution in [-0.2, 0) is 51.8 Å². The third kappa shape index (κ3) is 7.65. The minimum Gasteiger partial charge on any atom is -0.320 e. The normalized spacial score (nSPS) is 13.2. The number of nitrogens with zero attached hydrogens (tertiary/aromatic N) is 9. The molecular formula is C19H33N10O4S+. The van der Waals surface area contributed by atoms with Gasteiger partial charge in [-0.2, -0.15) is 8.42 Å². The number of quaternary nitrogens is 1. The summed E-state index contributed by atoms with van der Waals surface area (Å²) in [4.78, 5) is 1.10. The van der Waals surface area contributed by atoms with E-state index in [2.05, 4.69) is 76.7 Å². The zero-order valence-corrected chi connectivity index (χ0v) is 21.2. The Morgan fingerprint density at radius 2 is 1.26 bits per heavy atom. The lowest BCUT2D eigenvalue weighted by Crippen LogP contribution is -3.08. The van der Waals surface area contributed by atoms with Crippen LogP contribution in [0.25, 0.3) is 0 Å². The molecule has 3 aromatic rings. The molecule has 3 heterocycles. The van der Waals surface area contributed by atoms with Crippen molar-refractivity contribution < 1.29 is 22.1 Å². The van der Waals surface area contributed by atoms with Gasteiger partial charge in [0, 0.05) is 0 Å². The second-order valence-electron chi connectivity index (χ2n) is 10.2. The van der Waals surface area contributed by atoms with Crippen LogP contribution in [-0.4, -0.2) is 64.6 Å². The van der Waals surface area contributed by atoms with Crippen LogP contribution in [0.3, 0.4) is 0 Å². The Kier molecular flexibility index (Phi) is 7.50. The summed E-state index contributed by atoms with van der Waals surface area (Å²) in [6, 6.07) is 0. The van der Waals surface area contributed by atoms with Gasteiger partial charge < -0.3 is 4.90 Å². The van der Waals surface area contributed by atoms with E-state index in [9.17, 15) is 8.42 Å². The topological polar surface area (TPSA) is 160 Å². The van der Waals surface area contributed by atoms with Crippen molar-refractivity contribution in [2.75, 3.05) is 6.61 Å². The molecule has 3 rings (SSSR count). The van der Waals surface area contributed by atoms with Crippen LogP contribution in [0.2, 0.25) is 0 Å². The van der Waals surface area contributed by atoms with Crippen LogP contribution >= 0.6 is 0 Å². The fourth-order valence-electron chi connectivity index (χ4n) is 3.14. The van der Waals surface area contributed by atoms with Crippen LogP contribution in [0.15, 0.2) is 18.6 Å². The minimum absolute atomic E-state index is 0.127. The Labute approximate surface area is 198 Å². The molecule has 15 heteroatoms. The predicted octanol–water partition coefficient (Wildman–Crippen LogP) is -0.424. The van der Waals surface area contributed by atoms with Gasteiger partial charge in [0.05, 0.1) is 42.8 Å². The Morgan fingerprint density at radius 3 is 1.68 bits per heavy atom. The van der Waals surface area contributed by atoms with E-state index >= 15 is 0 Å². The highest BCUT2D eigenvalue weighted by Gasteiger charge is 2.22. The van der Waals surface area contributed by atoms with Crippen molar-refractivity contribution in [3.8, 4) is 0 Å². The first-order chi connectivity index (χ1) is 15.7. The summed E-state index contributed by atoms with van der Waals surface area (Å²) in [6.07, 6.45) is 5.59. The highest BCUT2D eigenvalue weighted by molar-refractivity contribution is 7.80. The molecule has 0 radical (unpaired) electrons. The molecule has 0 bridgehead atoms. The maximum Gasteiger partial charge on any atom is 0.397 e. The van der Waals surface area contributed by atoms with Crippen LogP contribution in [0.4, 0.5) is 0 Å². The van der Waals surface area contributed by atoms with Crippen LogP contribution in [0.1, 0.15) is 58.6 Å². The predicted molar refractivity (Wildman–Crippen MR) is 120 cm³/mol. The standard InChI is InChI=1S/C19H32N10O4S/c1-18(2,3)28-13-16(21-24-28)10-26(11-17-14-29(25-22-17)19(4,5)6)9-15-12-27(23-20-15)7-8-33-34(30,31)32/h12-14H,7-11H2,1-6H3,(H,30,31,32)/p+1. The Balaban J connectivity index is 1.74. The van der Waals surface area contributed by atoms with Crippen LogP contribution < -0.4 is 4.90 Å². The molecule has 0 unspecified atom stereocenters. The average Bonchev–Trinajstić information content (AvgIpc) is 3.41. The summed E-state index contributed by atoms with van der Waals surface area (Å²) in [6.45, 7) is 13.9. The second-order valence-corrected chi connectivity index (χ2v) is 11.2. The molecule has 0 atom stereocenters. The molecule has 0 aliphatic heterocycles. The van der Waals surface area contributed by atoms with Crippen molar-refractivity contribution in [3.63, 3.8) is 0 Å². The molecule has 0 amide bonds. The zero-order valence-electron chi connectivity index (χ0n) is 20.4. The van der Waals surface area contributed by atoms with E-state index in [0.717, 1.165) is 16.3 Å². The lowest BCUT2D eigenvalue weighted by molar-refractivity contribution is -0.942. The lowest BCUT2D eigenvalue weighted by atomic mass is 10.1. The molecule has 0 spiro atoms. The van der Waals surface area contributed by atoms with Gasteiger partial charge >= 0.3 is 10.4 Å². The number of rotatable bonds is 10. The Hall–Kier alpha value is -2.75. The van der Waals surface area contributed by atoms with E-state index in [0.29, 0.717) is 25.3 Å². The van der Waals surface area contributed by atoms with E-state index in [1.54, 1.807) is 6.20 Å². The first kappa shape index (κ1) is 25.9. The van der Waals surface area contributed by atoms with Gasteiger partial charge in [-0.1, -0.05) is 15.6 Å². The molecule has 0 fully saturated rings. The minimum atomic E-state index is -4.49. The van der Waals surface area contributed by atoms with Gasteiger partial charge in [-0.3, -0.25) is 4.55 Å². The van der Waals surface area contributed by atoms with Crippen LogP contribution in [0.5, 0.6) is 0 Å². The third-order valence-corrected chi connectivity index (χ3v) is 5.35. The quantitative estimate of drug-likeness (QED) is 0.352. The number of hydrogen-bond donors (Lipinski definition) is 2. The summed E-state index contributed by atoms with van der Waals surface area (Å²) >= 11 is 0. The van der Waals surface area contributed by atoms with Crippen molar-refractivity contribution in [2.24, 2.45) is 0 Å². The molecule has 3 aromatic heterocycles. The second kappa shape index (κ2) is 9.85. The van der Waals surface area contributed by atoms with Gasteiger partial charge in [-0.15, -0.1) is 15.3 Å². The fraction of sp³-hybridized carbons (Fsp3) is 0.684. The monoisotopic (exact) mass is 497 g/mol. The molecule has 2 N–H and O–H groups in total. The molecule has 0 aliphatic rings. The lowest BCUT2D eigenvalue weighted by Gasteiger charge is -2.18. The first-order valence-electron chi connectivity index (χ1n) is 10.9. The third-order valence-electron chi connectivity index (χ3n) is 4.89. The van der Waals surface area contributed by atoms with E-state index in [1.807, 2.05) is 21.8 Å². The maximum atomic E-state index is 10.7. The summed E-state index contributed by atoms with van der Waals surface area (Å²) < 4.78 is 39.6. The average molecular weight is 498 g/mol. The van der Waals surface area contributed by atoms with E-state index in [4.69, 9.17) is 4.55 Å². The summed E-state index contributed by atoms with van der Waals surface area (Å²) in [5, 5.41) is 25.4. The molecular weight excluding hydrogens is 464 g/mol. The van der Waals surface area contributed by atoms with Crippen molar-refractivity contribution in [1.29, 1.82) is 0 Å². The van der Waals surface area contributed by atoms with E-state index < -0.39 is 10.4 Å². The van der Waals surface area contributed by atoms with Gasteiger partial charge in [0.25, 0.3) is 0 Å². The largest absolute Gasteiger partial charge is 0.397 e. The van der Waals surface area contributed by atoms with Crippen molar-refractivity contribution in [3.05, 3.63) is 35.7 Å². The molecule has 0 saturated carbocycles. The highest BCUT2D eigenvalue weighted by atomic mass is 32.3. The van der Waals surface area contributed by atoms with Crippen molar-refractivity contribution in [2.45, 2.75) is 78.8 Å². The van der Waals surface area contributed by atoms with Gasteiger partial charge in [-0.25, -0.2) is 18.2 Å². The van der Waals surface area contributed by atoms with E-state index in [-0.39, 0.29) is 24.2 Å². The van der Waals surface area contributed by atoms with Gasteiger partial charge in [0.1, 0.15) is 36.7 Å². The highest BCUT2D eigenvalue weighted by Crippen LogP contribution is 2.12. The van der Waals surface area contributed by atoms with Gasteiger partial charge in [0.2, 0.25) is 0 Å². The Morgan fingerprint density at radius 1 is 0.824 bits per heavy atom. The zero-order chi connectivity index (χ0) is 25.1. The molecule has 34 heavy (non-hydrogen) atoms. The fourth-order valence-corrected chi connectivity index (χ4v) is 3.42. The molecule has 0 aromatic carbocycles.